The van der Waals surface area contributed by atoms with Crippen LogP contribution in [-0.2, 0) is 13.6 Å². The van der Waals surface area contributed by atoms with Crippen molar-refractivity contribution in [1.82, 2.24) is 15.1 Å². The minimum Gasteiger partial charge on any atom is -0.392 e. The number of aliphatic hydroxyl groups is 1. The number of nitrogens with one attached hydrogen (secondary N) is 1. The van der Waals surface area contributed by atoms with Gasteiger partial charge in [0.2, 0.25) is 0 Å². The van der Waals surface area contributed by atoms with E-state index in [1.54, 1.807) is 11.6 Å². The third-order valence-electron chi connectivity index (χ3n) is 1.51. The lowest BCUT2D eigenvalue weighted by molar-refractivity contribution is 0.191. The van der Waals surface area contributed by atoms with E-state index >= 15 is 0 Å². The molecule has 0 spiro atoms. The Balaban J connectivity index is 2.24. The molecule has 1 aromatic heterocycles. The summed E-state index contributed by atoms with van der Waals surface area (Å²) in [5.41, 5.74) is 0.998. The van der Waals surface area contributed by atoms with Crippen molar-refractivity contribution in [3.05, 3.63) is 18.0 Å². The third kappa shape index (κ3) is 3.02. The molecule has 1 heterocycles. The molecule has 68 valence electrons. The summed E-state index contributed by atoms with van der Waals surface area (Å²) in [6.45, 7) is 3.08. The second-order valence-corrected chi connectivity index (χ2v) is 2.96. The van der Waals surface area contributed by atoms with E-state index in [2.05, 4.69) is 10.4 Å². The zero-order valence-corrected chi connectivity index (χ0v) is 7.49. The Kier molecular flexibility index (Phi) is 3.25. The first-order chi connectivity index (χ1) is 5.68. The molecule has 4 nitrogen and oxygen atoms in total. The number of aromatic nitrogens is 2. The molecule has 0 bridgehead atoms. The van der Waals surface area contributed by atoms with Crippen molar-refractivity contribution in [1.29, 1.82) is 0 Å². The average Bonchev–Trinajstić information content (AvgIpc) is 2.35. The predicted octanol–water partition coefficient (Wildman–Crippen LogP) is -0.110. The highest BCUT2D eigenvalue weighted by atomic mass is 16.3. The maximum absolute atomic E-state index is 8.95. The van der Waals surface area contributed by atoms with E-state index < -0.39 is 0 Å². The van der Waals surface area contributed by atoms with Gasteiger partial charge in [-0.1, -0.05) is 0 Å². The topological polar surface area (TPSA) is 50.1 Å². The lowest BCUT2D eigenvalue weighted by atomic mass is 10.4. The van der Waals surface area contributed by atoms with E-state index in [1.807, 2.05) is 19.3 Å². The van der Waals surface area contributed by atoms with Crippen LogP contribution in [0, 0.1) is 0 Å². The predicted molar refractivity (Wildman–Crippen MR) is 46.6 cm³/mol. The van der Waals surface area contributed by atoms with Crippen LogP contribution in [0.2, 0.25) is 0 Å². The van der Waals surface area contributed by atoms with Gasteiger partial charge in [0.15, 0.2) is 0 Å². The van der Waals surface area contributed by atoms with Crippen LogP contribution in [0.25, 0.3) is 0 Å². The minimum atomic E-state index is -0.297. The smallest absolute Gasteiger partial charge is 0.0762 e. The maximum Gasteiger partial charge on any atom is 0.0762 e. The highest BCUT2D eigenvalue weighted by Crippen LogP contribution is 1.92. The van der Waals surface area contributed by atoms with Crippen molar-refractivity contribution in [2.24, 2.45) is 7.05 Å². The molecule has 0 aromatic carbocycles. The normalized spacial score (nSPS) is 13.2. The molecule has 1 aromatic rings. The molecule has 4 heteroatoms. The molecule has 1 rings (SSSR count). The van der Waals surface area contributed by atoms with Crippen LogP contribution in [0.3, 0.4) is 0 Å². The Morgan fingerprint density at radius 3 is 3.00 bits per heavy atom. The molecular weight excluding hydrogens is 154 g/mol. The van der Waals surface area contributed by atoms with Crippen molar-refractivity contribution >= 4 is 0 Å². The summed E-state index contributed by atoms with van der Waals surface area (Å²) >= 11 is 0. The lowest BCUT2D eigenvalue weighted by Crippen LogP contribution is -2.24. The standard InChI is InChI=1S/C8H15N3O/c1-7(12)5-9-6-8-3-4-11(2)10-8/h3-4,7,9,12H,5-6H2,1-2H3/t7-/m0/s1. The van der Waals surface area contributed by atoms with Gasteiger partial charge >= 0.3 is 0 Å². The van der Waals surface area contributed by atoms with Crippen LogP contribution >= 0.6 is 0 Å². The zero-order valence-electron chi connectivity index (χ0n) is 7.49. The first-order valence-corrected chi connectivity index (χ1v) is 4.06. The molecule has 0 amide bonds. The molecule has 12 heavy (non-hydrogen) atoms. The van der Waals surface area contributed by atoms with E-state index in [-0.39, 0.29) is 6.10 Å². The molecular formula is C8H15N3O. The maximum atomic E-state index is 8.95. The van der Waals surface area contributed by atoms with Crippen LogP contribution in [-0.4, -0.2) is 27.5 Å². The molecule has 2 N–H and O–H groups in total. The Hall–Kier alpha value is -0.870. The summed E-state index contributed by atoms with van der Waals surface area (Å²) in [7, 11) is 1.89. The fourth-order valence-electron chi connectivity index (χ4n) is 0.967. The quantitative estimate of drug-likeness (QED) is 0.661. The van der Waals surface area contributed by atoms with Gasteiger partial charge in [0.05, 0.1) is 11.8 Å². The van der Waals surface area contributed by atoms with Crippen LogP contribution in [0.15, 0.2) is 12.3 Å². The molecule has 0 fully saturated rings. The van der Waals surface area contributed by atoms with Gasteiger partial charge in [-0.15, -0.1) is 0 Å². The third-order valence-corrected chi connectivity index (χ3v) is 1.51. The molecule has 0 aliphatic heterocycles. The first-order valence-electron chi connectivity index (χ1n) is 4.06. The summed E-state index contributed by atoms with van der Waals surface area (Å²) in [6.07, 6.45) is 1.60. The SMILES string of the molecule is C[C@H](O)CNCc1ccn(C)n1. The van der Waals surface area contributed by atoms with Gasteiger partial charge in [-0.05, 0) is 13.0 Å². The second-order valence-electron chi connectivity index (χ2n) is 2.96. The molecule has 1 atom stereocenters. The van der Waals surface area contributed by atoms with E-state index in [4.69, 9.17) is 5.11 Å². The summed E-state index contributed by atoms with van der Waals surface area (Å²) in [5, 5.41) is 16.2. The fourth-order valence-corrected chi connectivity index (χ4v) is 0.967. The Morgan fingerprint density at radius 1 is 1.75 bits per heavy atom. The monoisotopic (exact) mass is 169 g/mol. The highest BCUT2D eigenvalue weighted by molar-refractivity contribution is 4.97. The van der Waals surface area contributed by atoms with E-state index in [9.17, 15) is 0 Å². The molecule has 0 aliphatic rings. The highest BCUT2D eigenvalue weighted by Gasteiger charge is 1.97. The van der Waals surface area contributed by atoms with Gasteiger partial charge in [-0.3, -0.25) is 4.68 Å². The van der Waals surface area contributed by atoms with Crippen molar-refractivity contribution < 1.29 is 5.11 Å². The minimum absolute atomic E-state index is 0.297. The van der Waals surface area contributed by atoms with Crippen molar-refractivity contribution in [2.45, 2.75) is 19.6 Å². The van der Waals surface area contributed by atoms with E-state index in [0.29, 0.717) is 13.1 Å². The van der Waals surface area contributed by atoms with Gasteiger partial charge in [0.1, 0.15) is 0 Å². The number of aryl methyl sites for hydroxylation is 1. The Morgan fingerprint density at radius 2 is 2.50 bits per heavy atom. The fraction of sp³-hybridized carbons (Fsp3) is 0.625. The Labute approximate surface area is 72.2 Å². The van der Waals surface area contributed by atoms with E-state index in [0.717, 1.165) is 5.69 Å². The van der Waals surface area contributed by atoms with Crippen LogP contribution < -0.4 is 5.32 Å². The number of nitrogens with zero attached hydrogens (tertiary/aromatic N) is 2. The molecule has 0 saturated carbocycles. The van der Waals surface area contributed by atoms with Gasteiger partial charge < -0.3 is 10.4 Å². The number of hydrogen-bond donors (Lipinski definition) is 2. The summed E-state index contributed by atoms with van der Waals surface area (Å²) in [5.74, 6) is 0. The second kappa shape index (κ2) is 4.23. The summed E-state index contributed by atoms with van der Waals surface area (Å²) in [4.78, 5) is 0. The lowest BCUT2D eigenvalue weighted by Gasteiger charge is -2.03. The first kappa shape index (κ1) is 9.22. The van der Waals surface area contributed by atoms with Crippen LogP contribution in [0.5, 0.6) is 0 Å². The van der Waals surface area contributed by atoms with Crippen molar-refractivity contribution in [3.63, 3.8) is 0 Å². The molecule has 0 aliphatic carbocycles. The largest absolute Gasteiger partial charge is 0.392 e. The number of hydrogen-bond acceptors (Lipinski definition) is 3. The van der Waals surface area contributed by atoms with Gasteiger partial charge in [0, 0.05) is 26.3 Å². The van der Waals surface area contributed by atoms with Crippen LogP contribution in [0.1, 0.15) is 12.6 Å². The molecule has 0 radical (unpaired) electrons. The van der Waals surface area contributed by atoms with Crippen molar-refractivity contribution in [3.8, 4) is 0 Å². The van der Waals surface area contributed by atoms with Crippen molar-refractivity contribution in [2.75, 3.05) is 6.54 Å². The Bertz CT molecular complexity index is 232. The zero-order chi connectivity index (χ0) is 8.97. The van der Waals surface area contributed by atoms with Gasteiger partial charge in [-0.2, -0.15) is 5.10 Å². The average molecular weight is 169 g/mol. The van der Waals surface area contributed by atoms with Gasteiger partial charge in [0.25, 0.3) is 0 Å². The molecule has 0 unspecified atom stereocenters. The summed E-state index contributed by atoms with van der Waals surface area (Å²) < 4.78 is 1.76. The van der Waals surface area contributed by atoms with Crippen LogP contribution in [0.4, 0.5) is 0 Å². The van der Waals surface area contributed by atoms with Gasteiger partial charge in [-0.25, -0.2) is 0 Å². The van der Waals surface area contributed by atoms with E-state index in [1.165, 1.54) is 0 Å². The molecule has 0 saturated heterocycles. The number of aliphatic hydroxyl groups excluding tert-OH is 1. The number of rotatable bonds is 4. The summed E-state index contributed by atoms with van der Waals surface area (Å²) in [6, 6.07) is 1.95.